The molecular weight excluding hydrogens is 274 g/mol. The van der Waals surface area contributed by atoms with E-state index in [-0.39, 0.29) is 19.3 Å². The van der Waals surface area contributed by atoms with Gasteiger partial charge in [-0.3, -0.25) is 4.79 Å². The standard InChI is InChI=1S/C14H15ClF2O2/c1-13(12(18)19,9-2-4-11(15)5-3-9)10-6-7-14(16,17)8-10/h2-5,10H,6-8H2,1H3,(H,18,19). The van der Waals surface area contributed by atoms with E-state index in [2.05, 4.69) is 0 Å². The Morgan fingerprint density at radius 3 is 2.42 bits per heavy atom. The Morgan fingerprint density at radius 2 is 2.00 bits per heavy atom. The van der Waals surface area contributed by atoms with E-state index in [0.29, 0.717) is 10.6 Å². The first-order valence-electron chi connectivity index (χ1n) is 6.13. The van der Waals surface area contributed by atoms with Crippen LogP contribution in [0.5, 0.6) is 0 Å². The molecule has 5 heteroatoms. The van der Waals surface area contributed by atoms with Crippen molar-refractivity contribution in [2.24, 2.45) is 5.92 Å². The molecule has 0 aromatic heterocycles. The van der Waals surface area contributed by atoms with Crippen LogP contribution >= 0.6 is 11.6 Å². The third kappa shape index (κ3) is 2.59. The van der Waals surface area contributed by atoms with Crippen LogP contribution in [0.25, 0.3) is 0 Å². The second-order valence-corrected chi connectivity index (χ2v) is 5.75. The average Bonchev–Trinajstić information content (AvgIpc) is 2.69. The van der Waals surface area contributed by atoms with Crippen LogP contribution in [0.3, 0.4) is 0 Å². The highest BCUT2D eigenvalue weighted by Gasteiger charge is 2.51. The summed E-state index contributed by atoms with van der Waals surface area (Å²) in [6.07, 6.45) is -0.398. The molecule has 1 N–H and O–H groups in total. The van der Waals surface area contributed by atoms with Crippen molar-refractivity contribution in [3.8, 4) is 0 Å². The lowest BCUT2D eigenvalue weighted by molar-refractivity contribution is -0.145. The van der Waals surface area contributed by atoms with Crippen LogP contribution < -0.4 is 0 Å². The molecule has 1 aromatic carbocycles. The van der Waals surface area contributed by atoms with Gasteiger partial charge in [-0.05, 0) is 37.0 Å². The van der Waals surface area contributed by atoms with Gasteiger partial charge in [0, 0.05) is 17.9 Å². The van der Waals surface area contributed by atoms with Crippen molar-refractivity contribution >= 4 is 17.6 Å². The molecule has 2 rings (SSSR count). The lowest BCUT2D eigenvalue weighted by Crippen LogP contribution is -2.39. The Bertz CT molecular complexity index is 487. The number of halogens is 3. The molecule has 1 fully saturated rings. The van der Waals surface area contributed by atoms with Crippen LogP contribution in [0.4, 0.5) is 8.78 Å². The van der Waals surface area contributed by atoms with E-state index in [1.165, 1.54) is 6.92 Å². The maximum absolute atomic E-state index is 13.4. The van der Waals surface area contributed by atoms with Gasteiger partial charge in [0.1, 0.15) is 0 Å². The predicted molar refractivity (Wildman–Crippen MR) is 68.7 cm³/mol. The highest BCUT2D eigenvalue weighted by molar-refractivity contribution is 6.30. The summed E-state index contributed by atoms with van der Waals surface area (Å²) in [5, 5.41) is 10.0. The normalized spacial score (nSPS) is 24.9. The molecule has 0 bridgehead atoms. The Morgan fingerprint density at radius 1 is 1.42 bits per heavy atom. The molecule has 0 aliphatic heterocycles. The molecule has 0 spiro atoms. The van der Waals surface area contributed by atoms with Crippen molar-refractivity contribution in [3.63, 3.8) is 0 Å². The van der Waals surface area contributed by atoms with Gasteiger partial charge in [-0.2, -0.15) is 0 Å². The molecule has 0 amide bonds. The maximum atomic E-state index is 13.4. The quantitative estimate of drug-likeness (QED) is 0.908. The summed E-state index contributed by atoms with van der Waals surface area (Å²) in [7, 11) is 0. The molecule has 0 radical (unpaired) electrons. The van der Waals surface area contributed by atoms with Crippen molar-refractivity contribution in [1.82, 2.24) is 0 Å². The summed E-state index contributed by atoms with van der Waals surface area (Å²) in [5.74, 6) is -4.40. The van der Waals surface area contributed by atoms with E-state index < -0.39 is 23.2 Å². The number of carboxylic acid groups (broad SMARTS) is 1. The Kier molecular flexibility index (Phi) is 3.56. The number of carbonyl (C=O) groups is 1. The molecule has 1 aliphatic carbocycles. The zero-order valence-electron chi connectivity index (χ0n) is 10.5. The first-order chi connectivity index (χ1) is 8.75. The topological polar surface area (TPSA) is 37.3 Å². The SMILES string of the molecule is CC(C(=O)O)(c1ccc(Cl)cc1)C1CCC(F)(F)C1. The van der Waals surface area contributed by atoms with E-state index >= 15 is 0 Å². The minimum absolute atomic E-state index is 0.221. The molecule has 0 saturated heterocycles. The lowest BCUT2D eigenvalue weighted by atomic mass is 9.71. The average molecular weight is 289 g/mol. The van der Waals surface area contributed by atoms with Crippen molar-refractivity contribution in [2.75, 3.05) is 0 Å². The number of aliphatic carboxylic acids is 1. The highest BCUT2D eigenvalue weighted by atomic mass is 35.5. The fraction of sp³-hybridized carbons (Fsp3) is 0.500. The minimum atomic E-state index is -2.76. The first-order valence-corrected chi connectivity index (χ1v) is 6.51. The van der Waals surface area contributed by atoms with Gasteiger partial charge in [0.2, 0.25) is 5.92 Å². The van der Waals surface area contributed by atoms with Gasteiger partial charge in [0.15, 0.2) is 0 Å². The van der Waals surface area contributed by atoms with Crippen LogP contribution in [-0.2, 0) is 10.2 Å². The van der Waals surface area contributed by atoms with Crippen molar-refractivity contribution < 1.29 is 18.7 Å². The summed E-state index contributed by atoms with van der Waals surface area (Å²) < 4.78 is 26.7. The van der Waals surface area contributed by atoms with Crippen LogP contribution in [0, 0.1) is 5.92 Å². The molecular formula is C14H15ClF2O2. The first kappa shape index (κ1) is 14.3. The zero-order valence-corrected chi connectivity index (χ0v) is 11.3. The number of hydrogen-bond acceptors (Lipinski definition) is 1. The second kappa shape index (κ2) is 4.75. The van der Waals surface area contributed by atoms with Crippen LogP contribution in [-0.4, -0.2) is 17.0 Å². The Hall–Kier alpha value is -1.16. The summed E-state index contributed by atoms with van der Waals surface area (Å²) >= 11 is 5.78. The zero-order chi connectivity index (χ0) is 14.3. The number of carboxylic acids is 1. The van der Waals surface area contributed by atoms with E-state index in [9.17, 15) is 18.7 Å². The van der Waals surface area contributed by atoms with Gasteiger partial charge in [-0.1, -0.05) is 23.7 Å². The molecule has 19 heavy (non-hydrogen) atoms. The number of alkyl halides is 2. The molecule has 0 heterocycles. The maximum Gasteiger partial charge on any atom is 0.314 e. The second-order valence-electron chi connectivity index (χ2n) is 5.31. The van der Waals surface area contributed by atoms with Gasteiger partial charge < -0.3 is 5.11 Å². The Labute approximate surface area is 115 Å². The van der Waals surface area contributed by atoms with Crippen LogP contribution in [0.15, 0.2) is 24.3 Å². The fourth-order valence-corrected chi connectivity index (χ4v) is 2.90. The van der Waals surface area contributed by atoms with Gasteiger partial charge in [-0.15, -0.1) is 0 Å². The molecule has 104 valence electrons. The summed E-state index contributed by atoms with van der Waals surface area (Å²) in [6, 6.07) is 6.39. The molecule has 1 aromatic rings. The fourth-order valence-electron chi connectivity index (χ4n) is 2.77. The molecule has 1 aliphatic rings. The Balaban J connectivity index is 2.38. The molecule has 2 unspecified atom stereocenters. The van der Waals surface area contributed by atoms with E-state index in [4.69, 9.17) is 11.6 Å². The summed E-state index contributed by atoms with van der Waals surface area (Å²) in [4.78, 5) is 11.6. The minimum Gasteiger partial charge on any atom is -0.481 e. The largest absolute Gasteiger partial charge is 0.481 e. The number of rotatable bonds is 3. The van der Waals surface area contributed by atoms with E-state index in [1.807, 2.05) is 0 Å². The molecule has 2 nitrogen and oxygen atoms in total. The van der Waals surface area contributed by atoms with Crippen molar-refractivity contribution in [1.29, 1.82) is 0 Å². The molecule has 2 atom stereocenters. The lowest BCUT2D eigenvalue weighted by Gasteiger charge is -2.32. The van der Waals surface area contributed by atoms with Crippen molar-refractivity contribution in [2.45, 2.75) is 37.5 Å². The monoisotopic (exact) mass is 288 g/mol. The van der Waals surface area contributed by atoms with Gasteiger partial charge >= 0.3 is 5.97 Å². The predicted octanol–water partition coefficient (Wildman–Crippen LogP) is 4.12. The smallest absolute Gasteiger partial charge is 0.314 e. The van der Waals surface area contributed by atoms with Crippen LogP contribution in [0.2, 0.25) is 5.02 Å². The number of hydrogen-bond donors (Lipinski definition) is 1. The van der Waals surface area contributed by atoms with Gasteiger partial charge in [0.25, 0.3) is 0 Å². The van der Waals surface area contributed by atoms with E-state index in [1.54, 1.807) is 24.3 Å². The summed E-state index contributed by atoms with van der Waals surface area (Å²) in [5.41, 5.74) is -0.781. The van der Waals surface area contributed by atoms with Gasteiger partial charge in [0.05, 0.1) is 5.41 Å². The van der Waals surface area contributed by atoms with Gasteiger partial charge in [-0.25, -0.2) is 8.78 Å². The van der Waals surface area contributed by atoms with E-state index in [0.717, 1.165) is 0 Å². The highest BCUT2D eigenvalue weighted by Crippen LogP contribution is 2.48. The summed E-state index contributed by atoms with van der Waals surface area (Å²) in [6.45, 7) is 1.52. The van der Waals surface area contributed by atoms with Crippen LogP contribution in [0.1, 0.15) is 31.7 Å². The third-order valence-corrected chi connectivity index (χ3v) is 4.36. The number of benzene rings is 1. The molecule has 1 saturated carbocycles. The third-order valence-electron chi connectivity index (χ3n) is 4.11. The van der Waals surface area contributed by atoms with Crippen molar-refractivity contribution in [3.05, 3.63) is 34.9 Å².